The zero-order valence-corrected chi connectivity index (χ0v) is 28.1. The molecule has 1 N–H and O–H groups in total. The Hall–Kier alpha value is -3.67. The van der Waals surface area contributed by atoms with Crippen molar-refractivity contribution < 1.29 is 38.2 Å². The van der Waals surface area contributed by atoms with Gasteiger partial charge in [-0.05, 0) is 24.3 Å². The molecule has 2 aromatic rings. The van der Waals surface area contributed by atoms with Gasteiger partial charge in [-0.25, -0.2) is 0 Å². The number of hydrogen-bond donors (Lipinski definition) is 1. The number of rotatable bonds is 23. The van der Waals surface area contributed by atoms with E-state index in [1.807, 2.05) is 27.7 Å². The average Bonchev–Trinajstić information content (AvgIpc) is 3.06. The highest BCUT2D eigenvalue weighted by Crippen LogP contribution is 2.18. The number of amides is 1. The Kier molecular flexibility index (Phi) is 16.5. The van der Waals surface area contributed by atoms with Crippen LogP contribution >= 0.6 is 0 Å². The van der Waals surface area contributed by atoms with Gasteiger partial charge in [0.15, 0.2) is 5.78 Å². The number of pyridine rings is 2. The fourth-order valence-corrected chi connectivity index (χ4v) is 4.24. The van der Waals surface area contributed by atoms with Gasteiger partial charge in [0.2, 0.25) is 0 Å². The van der Waals surface area contributed by atoms with Crippen molar-refractivity contribution in [2.45, 2.75) is 79.2 Å². The van der Waals surface area contributed by atoms with Crippen LogP contribution in [-0.2, 0) is 28.6 Å². The van der Waals surface area contributed by atoms with Crippen LogP contribution in [0.1, 0.15) is 94.5 Å². The number of Topliss-reactive ketones (excluding diaryl/α,β-unsaturated/α-hetero) is 4. The van der Waals surface area contributed by atoms with Crippen molar-refractivity contribution in [1.29, 1.82) is 0 Å². The minimum Gasteiger partial charge on any atom is -0.378 e. The molecule has 0 saturated heterocycles. The Bertz CT molecular complexity index is 1260. The normalized spacial score (nSPS) is 11.6. The lowest BCUT2D eigenvalue weighted by Crippen LogP contribution is -2.59. The number of carbonyl (C=O) groups excluding carboxylic acids is 5. The maximum Gasteiger partial charge on any atom is 0.270 e. The third-order valence-electron chi connectivity index (χ3n) is 7.41. The molecule has 0 unspecified atom stereocenters. The molecule has 11 heteroatoms. The molecule has 0 fully saturated rings. The zero-order valence-electron chi connectivity index (χ0n) is 28.1. The molecule has 0 aliphatic rings. The van der Waals surface area contributed by atoms with Crippen LogP contribution in [0.3, 0.4) is 0 Å². The molecule has 0 saturated carbocycles. The summed E-state index contributed by atoms with van der Waals surface area (Å²) < 4.78 is 17.7. The molecule has 11 nitrogen and oxygen atoms in total. The van der Waals surface area contributed by atoms with Crippen LogP contribution in [0.4, 0.5) is 0 Å². The third-order valence-corrected chi connectivity index (χ3v) is 7.41. The summed E-state index contributed by atoms with van der Waals surface area (Å²) in [6.07, 6.45) is 4.47. The number of ketones is 4. The van der Waals surface area contributed by atoms with Crippen LogP contribution in [0, 0.1) is 11.8 Å². The maximum atomic E-state index is 13.6. The molecular weight excluding hydrogens is 590 g/mol. The summed E-state index contributed by atoms with van der Waals surface area (Å²) in [7, 11) is 0. The van der Waals surface area contributed by atoms with E-state index in [9.17, 15) is 24.0 Å². The van der Waals surface area contributed by atoms with Crippen LogP contribution in [0.2, 0.25) is 0 Å². The number of ether oxygens (including phenoxy) is 3. The van der Waals surface area contributed by atoms with Gasteiger partial charge in [0.05, 0.1) is 45.3 Å². The van der Waals surface area contributed by atoms with Crippen molar-refractivity contribution in [3.63, 3.8) is 0 Å². The minimum atomic E-state index is -1.21. The van der Waals surface area contributed by atoms with Crippen molar-refractivity contribution in [3.8, 4) is 11.3 Å². The second kappa shape index (κ2) is 19.8. The second-order valence-corrected chi connectivity index (χ2v) is 11.9. The molecule has 252 valence electrons. The van der Waals surface area contributed by atoms with Crippen molar-refractivity contribution in [1.82, 2.24) is 15.3 Å². The van der Waals surface area contributed by atoms with Crippen molar-refractivity contribution in [2.24, 2.45) is 11.8 Å². The van der Waals surface area contributed by atoms with Gasteiger partial charge in [-0.1, -0.05) is 41.5 Å². The van der Waals surface area contributed by atoms with Crippen molar-refractivity contribution >= 4 is 29.0 Å². The number of hydrogen-bond acceptors (Lipinski definition) is 10. The lowest BCUT2D eigenvalue weighted by Gasteiger charge is -2.34. The van der Waals surface area contributed by atoms with Gasteiger partial charge in [-0.3, -0.25) is 33.9 Å². The summed E-state index contributed by atoms with van der Waals surface area (Å²) >= 11 is 0. The summed E-state index contributed by atoms with van der Waals surface area (Å²) in [6.45, 7) is 11.1. The molecule has 0 aliphatic heterocycles. The molecule has 2 aromatic heterocycles. The van der Waals surface area contributed by atoms with E-state index in [1.165, 1.54) is 12.4 Å². The highest BCUT2D eigenvalue weighted by molar-refractivity contribution is 5.96. The third kappa shape index (κ3) is 13.0. The molecule has 0 radical (unpaired) electrons. The summed E-state index contributed by atoms with van der Waals surface area (Å²) in [5.41, 5.74) is 0.706. The monoisotopic (exact) mass is 639 g/mol. The number of carbonyl (C=O) groups is 5. The summed E-state index contributed by atoms with van der Waals surface area (Å²) in [4.78, 5) is 70.4. The van der Waals surface area contributed by atoms with Crippen LogP contribution in [-0.4, -0.2) is 84.2 Å². The first kappa shape index (κ1) is 38.5. The van der Waals surface area contributed by atoms with Gasteiger partial charge in [0, 0.05) is 67.5 Å². The van der Waals surface area contributed by atoms with E-state index in [0.29, 0.717) is 29.7 Å². The Morgan fingerprint density at radius 1 is 0.717 bits per heavy atom. The van der Waals surface area contributed by atoms with Gasteiger partial charge in [0.25, 0.3) is 5.91 Å². The molecule has 0 aliphatic carbocycles. The predicted molar refractivity (Wildman–Crippen MR) is 174 cm³/mol. The second-order valence-electron chi connectivity index (χ2n) is 11.9. The van der Waals surface area contributed by atoms with E-state index in [0.717, 1.165) is 0 Å². The maximum absolute atomic E-state index is 13.6. The molecule has 0 aromatic carbocycles. The molecule has 0 atom stereocenters. The van der Waals surface area contributed by atoms with Crippen LogP contribution < -0.4 is 5.32 Å². The topological polar surface area (TPSA) is 151 Å². The molecule has 2 heterocycles. The highest BCUT2D eigenvalue weighted by Gasteiger charge is 2.35. The molecule has 0 bridgehead atoms. The molecule has 1 amide bonds. The number of nitrogens with zero attached hydrogens (tertiary/aromatic N) is 2. The quantitative estimate of drug-likeness (QED) is 0.132. The van der Waals surface area contributed by atoms with Gasteiger partial charge in [0.1, 0.15) is 28.6 Å². The van der Waals surface area contributed by atoms with E-state index < -0.39 is 11.4 Å². The van der Waals surface area contributed by atoms with Gasteiger partial charge in [-0.2, -0.15) is 0 Å². The van der Waals surface area contributed by atoms with Crippen molar-refractivity contribution in [2.75, 3.05) is 39.6 Å². The fourth-order valence-electron chi connectivity index (χ4n) is 4.24. The smallest absolute Gasteiger partial charge is 0.270 e. The van der Waals surface area contributed by atoms with Gasteiger partial charge in [-0.15, -0.1) is 0 Å². The van der Waals surface area contributed by atoms with E-state index in [1.54, 1.807) is 38.1 Å². The summed E-state index contributed by atoms with van der Waals surface area (Å²) in [5, 5.41) is 2.97. The summed E-state index contributed by atoms with van der Waals surface area (Å²) in [5.74, 6) is -0.617. The lowest BCUT2D eigenvalue weighted by atomic mass is 10.0. The number of aromatic nitrogens is 2. The first-order valence-electron chi connectivity index (χ1n) is 16.0. The van der Waals surface area contributed by atoms with Gasteiger partial charge >= 0.3 is 0 Å². The predicted octanol–water partition coefficient (Wildman–Crippen LogP) is 4.85. The van der Waals surface area contributed by atoms with Crippen LogP contribution in [0.5, 0.6) is 0 Å². The highest BCUT2D eigenvalue weighted by atomic mass is 16.5. The largest absolute Gasteiger partial charge is 0.378 e. The summed E-state index contributed by atoms with van der Waals surface area (Å²) in [6, 6.07) is 6.71. The SMILES string of the molecule is CCC(=O)CCOCC(COCCC(=O)C(C)C)(COCCC(=O)C(C)C)NC(=O)c1ccc(-c2ccc(C(=O)CC)cn2)cn1. The molecule has 46 heavy (non-hydrogen) atoms. The lowest BCUT2D eigenvalue weighted by molar-refractivity contribution is -0.123. The minimum absolute atomic E-state index is 0.000350. The molecular formula is C35H49N3O8. The standard InChI is InChI=1S/C35H49N3O8/c1-7-28(39)13-16-44-21-35(22-45-17-14-32(41)24(3)4,23-46-18-15-33(42)25(5)6)38-34(43)30-12-9-26(19-37-30)29-11-10-27(20-36-29)31(40)8-2/h9-12,19-20,24-25H,7-8,13-18,21-23H2,1-6H3,(H,38,43). The fraction of sp³-hybridized carbons (Fsp3) is 0.571. The Balaban J connectivity index is 2.26. The Morgan fingerprint density at radius 2 is 1.28 bits per heavy atom. The van der Waals surface area contributed by atoms with E-state index in [2.05, 4.69) is 15.3 Å². The van der Waals surface area contributed by atoms with Crippen LogP contribution in [0.15, 0.2) is 36.7 Å². The Morgan fingerprint density at radius 3 is 1.72 bits per heavy atom. The first-order valence-corrected chi connectivity index (χ1v) is 16.0. The number of nitrogens with one attached hydrogen (secondary N) is 1. The average molecular weight is 640 g/mol. The zero-order chi connectivity index (χ0) is 34.1. The van der Waals surface area contributed by atoms with Crippen molar-refractivity contribution in [3.05, 3.63) is 47.9 Å². The Labute approximate surface area is 272 Å². The van der Waals surface area contributed by atoms with E-state index >= 15 is 0 Å². The molecule has 0 spiro atoms. The molecule has 2 rings (SSSR count). The van der Waals surface area contributed by atoms with Crippen LogP contribution in [0.25, 0.3) is 11.3 Å². The van der Waals surface area contributed by atoms with Gasteiger partial charge < -0.3 is 19.5 Å². The van der Waals surface area contributed by atoms with E-state index in [-0.39, 0.29) is 99.6 Å². The van der Waals surface area contributed by atoms with E-state index in [4.69, 9.17) is 14.2 Å². The first-order chi connectivity index (χ1) is 21.9.